The molecule has 3 heterocycles. The normalized spacial score (nSPS) is 22.1. The van der Waals surface area contributed by atoms with Crippen molar-refractivity contribution in [2.45, 2.75) is 31.7 Å². The van der Waals surface area contributed by atoms with Crippen LogP contribution >= 0.6 is 15.9 Å². The van der Waals surface area contributed by atoms with Crippen molar-refractivity contribution in [1.82, 2.24) is 9.78 Å². The fraction of sp³-hybridized carbons (Fsp3) is 0.353. The Morgan fingerprint density at radius 1 is 1.29 bits per heavy atom. The van der Waals surface area contributed by atoms with Crippen molar-refractivity contribution in [3.63, 3.8) is 0 Å². The third-order valence-corrected chi connectivity index (χ3v) is 5.37. The number of anilines is 2. The van der Waals surface area contributed by atoms with Crippen LogP contribution in [0.4, 0.5) is 11.5 Å². The molecule has 124 valence electrons. The van der Waals surface area contributed by atoms with Crippen LogP contribution in [0.5, 0.6) is 0 Å². The summed E-state index contributed by atoms with van der Waals surface area (Å²) in [5, 5.41) is 7.33. The molecule has 2 aliphatic rings. The van der Waals surface area contributed by atoms with Crippen LogP contribution in [0.1, 0.15) is 37.4 Å². The van der Waals surface area contributed by atoms with Crippen LogP contribution in [0.3, 0.4) is 0 Å². The second kappa shape index (κ2) is 4.92. The van der Waals surface area contributed by atoms with Crippen LogP contribution in [0, 0.1) is 0 Å². The van der Waals surface area contributed by atoms with E-state index in [1.807, 2.05) is 32.0 Å². The zero-order valence-corrected chi connectivity index (χ0v) is 15.2. The van der Waals surface area contributed by atoms with Crippen molar-refractivity contribution in [2.24, 2.45) is 0 Å². The van der Waals surface area contributed by atoms with Crippen LogP contribution in [-0.2, 0) is 15.0 Å². The highest BCUT2D eigenvalue weighted by Crippen LogP contribution is 2.52. The zero-order valence-electron chi connectivity index (χ0n) is 13.6. The number of carbonyl (C=O) groups is 2. The van der Waals surface area contributed by atoms with Gasteiger partial charge in [0, 0.05) is 35.2 Å². The van der Waals surface area contributed by atoms with E-state index in [4.69, 9.17) is 0 Å². The van der Waals surface area contributed by atoms with Crippen molar-refractivity contribution in [2.75, 3.05) is 17.3 Å². The van der Waals surface area contributed by atoms with Crippen molar-refractivity contribution >= 4 is 39.2 Å². The standard InChI is InChI=1S/C17H17BrN4O2/c1-9(2)22-15-12(8-19-22)17(7-14(23)20-15)11-6-10(18)4-5-13(11)21(3)16(17)24/h4-6,8-9H,7H2,1-3H3,(H,20,23)/t17-/m1/s1. The average Bonchev–Trinajstić information content (AvgIpc) is 3.03. The molecule has 1 atom stereocenters. The number of aromatic nitrogens is 2. The number of amides is 2. The molecule has 0 bridgehead atoms. The molecule has 1 aromatic heterocycles. The van der Waals surface area contributed by atoms with E-state index in [1.54, 1.807) is 22.8 Å². The number of hydrogen-bond acceptors (Lipinski definition) is 3. The Labute approximate surface area is 148 Å². The summed E-state index contributed by atoms with van der Waals surface area (Å²) in [5.74, 6) is 0.366. The minimum atomic E-state index is -1.00. The number of halogens is 1. The lowest BCUT2D eigenvalue weighted by atomic mass is 9.72. The van der Waals surface area contributed by atoms with E-state index in [0.29, 0.717) is 5.82 Å². The molecule has 1 aromatic carbocycles. The number of rotatable bonds is 1. The quantitative estimate of drug-likeness (QED) is 0.816. The van der Waals surface area contributed by atoms with Gasteiger partial charge in [0.05, 0.1) is 6.20 Å². The summed E-state index contributed by atoms with van der Waals surface area (Å²) in [7, 11) is 1.75. The molecular weight excluding hydrogens is 372 g/mol. The molecule has 7 heteroatoms. The lowest BCUT2D eigenvalue weighted by Crippen LogP contribution is -2.45. The van der Waals surface area contributed by atoms with E-state index in [9.17, 15) is 9.59 Å². The van der Waals surface area contributed by atoms with Gasteiger partial charge in [0.25, 0.3) is 0 Å². The van der Waals surface area contributed by atoms with Crippen molar-refractivity contribution in [3.05, 3.63) is 40.0 Å². The van der Waals surface area contributed by atoms with Gasteiger partial charge in [0.2, 0.25) is 11.8 Å². The van der Waals surface area contributed by atoms with Gasteiger partial charge in [-0.1, -0.05) is 15.9 Å². The SMILES string of the molecule is CC(C)n1ncc2c1NC(=O)C[C@]21C(=O)N(C)c2ccc(Br)cc21. The fourth-order valence-corrected chi connectivity index (χ4v) is 4.15. The van der Waals surface area contributed by atoms with Gasteiger partial charge in [-0.3, -0.25) is 9.59 Å². The monoisotopic (exact) mass is 388 g/mol. The molecule has 0 radical (unpaired) electrons. The first-order valence-electron chi connectivity index (χ1n) is 7.82. The third kappa shape index (κ3) is 1.79. The maximum atomic E-state index is 13.2. The van der Waals surface area contributed by atoms with Gasteiger partial charge < -0.3 is 10.2 Å². The molecule has 0 fully saturated rings. The summed E-state index contributed by atoms with van der Waals surface area (Å²) < 4.78 is 2.64. The number of benzene rings is 1. The molecule has 0 aliphatic carbocycles. The molecule has 24 heavy (non-hydrogen) atoms. The van der Waals surface area contributed by atoms with Gasteiger partial charge >= 0.3 is 0 Å². The molecule has 1 spiro atoms. The van der Waals surface area contributed by atoms with E-state index >= 15 is 0 Å². The van der Waals surface area contributed by atoms with Crippen molar-refractivity contribution in [1.29, 1.82) is 0 Å². The summed E-state index contributed by atoms with van der Waals surface area (Å²) in [6.07, 6.45) is 1.81. The van der Waals surface area contributed by atoms with Crippen LogP contribution in [0.15, 0.2) is 28.9 Å². The first kappa shape index (κ1) is 15.4. The van der Waals surface area contributed by atoms with E-state index in [-0.39, 0.29) is 24.3 Å². The van der Waals surface area contributed by atoms with Crippen molar-refractivity contribution in [3.8, 4) is 0 Å². The average molecular weight is 389 g/mol. The Hall–Kier alpha value is -2.15. The number of nitrogens with one attached hydrogen (secondary N) is 1. The van der Waals surface area contributed by atoms with Crippen molar-refractivity contribution < 1.29 is 9.59 Å². The largest absolute Gasteiger partial charge is 0.314 e. The van der Waals surface area contributed by atoms with E-state index < -0.39 is 5.41 Å². The summed E-state index contributed by atoms with van der Waals surface area (Å²) >= 11 is 3.49. The summed E-state index contributed by atoms with van der Waals surface area (Å²) in [5.41, 5.74) is 1.45. The predicted molar refractivity (Wildman–Crippen MR) is 94.2 cm³/mol. The molecule has 4 rings (SSSR count). The van der Waals surface area contributed by atoms with E-state index in [1.165, 1.54) is 0 Å². The Morgan fingerprint density at radius 3 is 2.75 bits per heavy atom. The van der Waals surface area contributed by atoms with Crippen LogP contribution in [-0.4, -0.2) is 28.6 Å². The Bertz CT molecular complexity index is 889. The maximum Gasteiger partial charge on any atom is 0.242 e. The number of carbonyl (C=O) groups excluding carboxylic acids is 2. The zero-order chi connectivity index (χ0) is 17.2. The highest BCUT2D eigenvalue weighted by molar-refractivity contribution is 9.10. The predicted octanol–water partition coefficient (Wildman–Crippen LogP) is 2.83. The van der Waals surface area contributed by atoms with Gasteiger partial charge in [-0.15, -0.1) is 0 Å². The smallest absolute Gasteiger partial charge is 0.242 e. The van der Waals surface area contributed by atoms with E-state index in [2.05, 4.69) is 26.3 Å². The highest BCUT2D eigenvalue weighted by Gasteiger charge is 2.56. The Morgan fingerprint density at radius 2 is 2.04 bits per heavy atom. The maximum absolute atomic E-state index is 13.2. The lowest BCUT2D eigenvalue weighted by Gasteiger charge is -2.32. The lowest BCUT2D eigenvalue weighted by molar-refractivity contribution is -0.126. The minimum Gasteiger partial charge on any atom is -0.314 e. The number of fused-ring (bicyclic) bond motifs is 4. The number of likely N-dealkylation sites (N-methyl/N-ethyl adjacent to an activating group) is 1. The van der Waals surface area contributed by atoms with E-state index in [0.717, 1.165) is 21.3 Å². The molecule has 6 nitrogen and oxygen atoms in total. The Balaban J connectivity index is 2.05. The molecular formula is C17H17BrN4O2. The van der Waals surface area contributed by atoms with Gasteiger partial charge in [0.1, 0.15) is 11.2 Å². The molecule has 0 unspecified atom stereocenters. The van der Waals surface area contributed by atoms with Gasteiger partial charge in [-0.05, 0) is 37.6 Å². The van der Waals surface area contributed by atoms with Gasteiger partial charge in [-0.25, -0.2) is 4.68 Å². The second-order valence-corrected chi connectivity index (χ2v) is 7.52. The first-order chi connectivity index (χ1) is 11.4. The van der Waals surface area contributed by atoms with Gasteiger partial charge in [-0.2, -0.15) is 5.10 Å². The first-order valence-corrected chi connectivity index (χ1v) is 8.61. The van der Waals surface area contributed by atoms with Gasteiger partial charge in [0.15, 0.2) is 0 Å². The molecule has 0 saturated carbocycles. The molecule has 2 aromatic rings. The Kier molecular flexibility index (Phi) is 3.16. The van der Waals surface area contributed by atoms with Crippen LogP contribution in [0.2, 0.25) is 0 Å². The summed E-state index contributed by atoms with van der Waals surface area (Å²) in [6.45, 7) is 3.99. The number of nitrogens with zero attached hydrogens (tertiary/aromatic N) is 3. The molecule has 2 aliphatic heterocycles. The number of hydrogen-bond donors (Lipinski definition) is 1. The molecule has 2 amide bonds. The topological polar surface area (TPSA) is 67.2 Å². The molecule has 0 saturated heterocycles. The minimum absolute atomic E-state index is 0.0837. The molecule has 1 N–H and O–H groups in total. The third-order valence-electron chi connectivity index (χ3n) is 4.88. The summed E-state index contributed by atoms with van der Waals surface area (Å²) in [6, 6.07) is 5.83. The fourth-order valence-electron chi connectivity index (χ4n) is 3.79. The second-order valence-electron chi connectivity index (χ2n) is 6.60. The van der Waals surface area contributed by atoms with Crippen LogP contribution in [0.25, 0.3) is 0 Å². The highest BCUT2D eigenvalue weighted by atomic mass is 79.9. The summed E-state index contributed by atoms with van der Waals surface area (Å²) in [4.78, 5) is 27.3. The van der Waals surface area contributed by atoms with Crippen LogP contribution < -0.4 is 10.2 Å².